The standard InChI is InChI=1S/C22H27N7O2/c23-19(22-18-3-1-2-4-20(18)26-27-22)14-29(24)17-7-5-16(6-8-17)13-25-21(30)15-28-9-11-31-12-10-28/h1-8,14H,9-13,15,23-24H2,(H,25,30)(H,26,27)/b19-14-. The normalized spacial score (nSPS) is 15.2. The molecule has 0 radical (unpaired) electrons. The quantitative estimate of drug-likeness (QED) is 0.333. The topological polar surface area (TPSA) is 126 Å². The molecule has 0 spiro atoms. The molecule has 1 saturated heterocycles. The summed E-state index contributed by atoms with van der Waals surface area (Å²) in [7, 11) is 0. The van der Waals surface area contributed by atoms with Crippen LogP contribution in [0.1, 0.15) is 11.3 Å². The van der Waals surface area contributed by atoms with Crippen LogP contribution in [0.5, 0.6) is 0 Å². The van der Waals surface area contributed by atoms with Crippen LogP contribution in [-0.4, -0.2) is 53.9 Å². The Morgan fingerprint density at radius 1 is 1.19 bits per heavy atom. The second-order valence-corrected chi connectivity index (χ2v) is 7.44. The van der Waals surface area contributed by atoms with Gasteiger partial charge >= 0.3 is 0 Å². The van der Waals surface area contributed by atoms with E-state index in [1.165, 1.54) is 5.01 Å². The third-order valence-electron chi connectivity index (χ3n) is 5.22. The number of hydrazine groups is 1. The van der Waals surface area contributed by atoms with Gasteiger partial charge in [0.05, 0.1) is 36.7 Å². The fraction of sp³-hybridized carbons (Fsp3) is 0.273. The van der Waals surface area contributed by atoms with Crippen LogP contribution < -0.4 is 21.9 Å². The number of nitrogens with two attached hydrogens (primary N) is 2. The van der Waals surface area contributed by atoms with Crippen molar-refractivity contribution in [3.8, 4) is 0 Å². The van der Waals surface area contributed by atoms with Crippen molar-refractivity contribution in [1.29, 1.82) is 0 Å². The molecule has 9 nitrogen and oxygen atoms in total. The van der Waals surface area contributed by atoms with Crippen LogP contribution >= 0.6 is 0 Å². The Balaban J connectivity index is 1.34. The number of amides is 1. The van der Waals surface area contributed by atoms with Crippen molar-refractivity contribution >= 4 is 28.2 Å². The number of nitrogens with zero attached hydrogens (tertiary/aromatic N) is 3. The summed E-state index contributed by atoms with van der Waals surface area (Å²) < 4.78 is 5.30. The molecule has 2 aromatic carbocycles. The van der Waals surface area contributed by atoms with E-state index in [-0.39, 0.29) is 5.91 Å². The number of benzene rings is 2. The van der Waals surface area contributed by atoms with Gasteiger partial charge in [-0.25, -0.2) is 5.84 Å². The molecule has 1 aromatic heterocycles. The Morgan fingerprint density at radius 3 is 2.71 bits per heavy atom. The fourth-order valence-electron chi connectivity index (χ4n) is 3.47. The summed E-state index contributed by atoms with van der Waals surface area (Å²) in [6, 6.07) is 15.4. The average Bonchev–Trinajstić information content (AvgIpc) is 3.23. The summed E-state index contributed by atoms with van der Waals surface area (Å²) >= 11 is 0. The Hall–Kier alpha value is -3.40. The van der Waals surface area contributed by atoms with Crippen molar-refractivity contribution in [3.63, 3.8) is 0 Å². The molecule has 0 atom stereocenters. The van der Waals surface area contributed by atoms with E-state index in [0.29, 0.717) is 37.7 Å². The van der Waals surface area contributed by atoms with Crippen LogP contribution in [0.3, 0.4) is 0 Å². The Morgan fingerprint density at radius 2 is 1.94 bits per heavy atom. The predicted octanol–water partition coefficient (Wildman–Crippen LogP) is 1.15. The molecular formula is C22H27N7O2. The highest BCUT2D eigenvalue weighted by molar-refractivity contribution is 5.89. The molecule has 1 amide bonds. The van der Waals surface area contributed by atoms with Crippen LogP contribution in [0, 0.1) is 0 Å². The van der Waals surface area contributed by atoms with Gasteiger partial charge in [-0.05, 0) is 23.8 Å². The van der Waals surface area contributed by atoms with Crippen LogP contribution in [0.25, 0.3) is 16.6 Å². The first-order valence-corrected chi connectivity index (χ1v) is 10.2. The SMILES string of the molecule is N/C(=C\N(N)c1ccc(CNC(=O)CN2CCOCC2)cc1)c1n[nH]c2ccccc12. The zero-order valence-corrected chi connectivity index (χ0v) is 17.3. The number of fused-ring (bicyclic) bond motifs is 1. The molecule has 0 unspecified atom stereocenters. The maximum absolute atomic E-state index is 12.1. The highest BCUT2D eigenvalue weighted by atomic mass is 16.5. The van der Waals surface area contributed by atoms with Crippen LogP contribution in [0.4, 0.5) is 5.69 Å². The lowest BCUT2D eigenvalue weighted by atomic mass is 10.2. The molecule has 3 aromatic rings. The van der Waals surface area contributed by atoms with Gasteiger partial charge < -0.3 is 15.8 Å². The maximum atomic E-state index is 12.1. The Labute approximate surface area is 180 Å². The van der Waals surface area contributed by atoms with E-state index in [1.807, 2.05) is 48.5 Å². The Bertz CT molecular complexity index is 1060. The molecule has 0 saturated carbocycles. The van der Waals surface area contributed by atoms with Crippen molar-refractivity contribution in [2.45, 2.75) is 6.54 Å². The number of rotatable bonds is 7. The second kappa shape index (κ2) is 9.61. The number of aromatic nitrogens is 2. The number of anilines is 1. The van der Waals surface area contributed by atoms with Gasteiger partial charge in [-0.1, -0.05) is 30.3 Å². The first-order valence-electron chi connectivity index (χ1n) is 10.2. The van der Waals surface area contributed by atoms with E-state index in [2.05, 4.69) is 20.4 Å². The van der Waals surface area contributed by atoms with E-state index < -0.39 is 0 Å². The van der Waals surface area contributed by atoms with Crippen molar-refractivity contribution in [2.24, 2.45) is 11.6 Å². The number of carbonyl (C=O) groups excluding carboxylic acids is 1. The monoisotopic (exact) mass is 421 g/mol. The fourth-order valence-corrected chi connectivity index (χ4v) is 3.47. The van der Waals surface area contributed by atoms with Gasteiger partial charge in [0, 0.05) is 31.2 Å². The maximum Gasteiger partial charge on any atom is 0.234 e. The highest BCUT2D eigenvalue weighted by Gasteiger charge is 2.14. The summed E-state index contributed by atoms with van der Waals surface area (Å²) in [5.74, 6) is 6.18. The zero-order chi connectivity index (χ0) is 21.6. The van der Waals surface area contributed by atoms with E-state index in [1.54, 1.807) is 6.20 Å². The van der Waals surface area contributed by atoms with Gasteiger partial charge in [0.2, 0.25) is 5.91 Å². The molecule has 0 bridgehead atoms. The smallest absolute Gasteiger partial charge is 0.234 e. The number of morpholine rings is 1. The van der Waals surface area contributed by atoms with Gasteiger partial charge in [0.15, 0.2) is 0 Å². The lowest BCUT2D eigenvalue weighted by molar-refractivity contribution is -0.123. The van der Waals surface area contributed by atoms with Crippen LogP contribution in [0.15, 0.2) is 54.7 Å². The molecule has 162 valence electrons. The number of ether oxygens (including phenoxy) is 1. The van der Waals surface area contributed by atoms with Crippen molar-refractivity contribution in [1.82, 2.24) is 20.4 Å². The van der Waals surface area contributed by atoms with E-state index in [0.717, 1.165) is 35.2 Å². The molecule has 1 aliphatic heterocycles. The summed E-state index contributed by atoms with van der Waals surface area (Å²) in [5.41, 5.74) is 10.0. The predicted molar refractivity (Wildman–Crippen MR) is 120 cm³/mol. The molecule has 0 aliphatic carbocycles. The summed E-state index contributed by atoms with van der Waals surface area (Å²) in [4.78, 5) is 14.2. The minimum absolute atomic E-state index is 0.00774. The van der Waals surface area contributed by atoms with Crippen molar-refractivity contribution < 1.29 is 9.53 Å². The van der Waals surface area contributed by atoms with Gasteiger partial charge in [0.1, 0.15) is 5.69 Å². The molecule has 31 heavy (non-hydrogen) atoms. The molecule has 9 heteroatoms. The van der Waals surface area contributed by atoms with E-state index in [9.17, 15) is 4.79 Å². The van der Waals surface area contributed by atoms with Gasteiger partial charge in [-0.15, -0.1) is 0 Å². The summed E-state index contributed by atoms with van der Waals surface area (Å²) in [5, 5.41) is 12.6. The van der Waals surface area contributed by atoms with E-state index >= 15 is 0 Å². The summed E-state index contributed by atoms with van der Waals surface area (Å²) in [6.07, 6.45) is 1.64. The largest absolute Gasteiger partial charge is 0.396 e. The van der Waals surface area contributed by atoms with E-state index in [4.69, 9.17) is 16.3 Å². The number of carbonyl (C=O) groups is 1. The third kappa shape index (κ3) is 5.21. The third-order valence-corrected chi connectivity index (χ3v) is 5.22. The number of hydrogen-bond acceptors (Lipinski definition) is 7. The van der Waals surface area contributed by atoms with Gasteiger partial charge in [-0.3, -0.25) is 19.8 Å². The Kier molecular flexibility index (Phi) is 6.46. The molecule has 1 fully saturated rings. The number of nitrogens with one attached hydrogen (secondary N) is 2. The first-order chi connectivity index (χ1) is 15.1. The average molecular weight is 422 g/mol. The molecular weight excluding hydrogens is 394 g/mol. The second-order valence-electron chi connectivity index (χ2n) is 7.44. The van der Waals surface area contributed by atoms with Gasteiger partial charge in [0.25, 0.3) is 0 Å². The number of para-hydroxylation sites is 1. The minimum atomic E-state index is 0.00774. The van der Waals surface area contributed by atoms with Crippen molar-refractivity contribution in [3.05, 3.63) is 66.0 Å². The molecule has 2 heterocycles. The minimum Gasteiger partial charge on any atom is -0.396 e. The number of hydrogen-bond donors (Lipinski definition) is 4. The summed E-state index contributed by atoms with van der Waals surface area (Å²) in [6.45, 7) is 3.80. The molecule has 4 rings (SSSR count). The van der Waals surface area contributed by atoms with Crippen LogP contribution in [-0.2, 0) is 16.1 Å². The number of aromatic amines is 1. The molecule has 1 aliphatic rings. The lowest BCUT2D eigenvalue weighted by Gasteiger charge is -2.25. The van der Waals surface area contributed by atoms with Gasteiger partial charge in [-0.2, -0.15) is 5.10 Å². The number of H-pyrrole nitrogens is 1. The zero-order valence-electron chi connectivity index (χ0n) is 17.3. The lowest BCUT2D eigenvalue weighted by Crippen LogP contribution is -2.43. The van der Waals surface area contributed by atoms with Crippen LogP contribution in [0.2, 0.25) is 0 Å². The first kappa shape index (κ1) is 20.9. The van der Waals surface area contributed by atoms with Crippen molar-refractivity contribution in [2.75, 3.05) is 37.9 Å². The highest BCUT2D eigenvalue weighted by Crippen LogP contribution is 2.21. The molecule has 6 N–H and O–H groups in total.